The Hall–Kier alpha value is -0.450. The van der Waals surface area contributed by atoms with Gasteiger partial charge in [-0.05, 0) is 52.3 Å². The lowest BCUT2D eigenvalue weighted by molar-refractivity contribution is -0.0882. The van der Waals surface area contributed by atoms with Gasteiger partial charge >= 0.3 is 0 Å². The van der Waals surface area contributed by atoms with Crippen LogP contribution in [0.5, 0.6) is 0 Å². The zero-order chi connectivity index (χ0) is 14.4. The Balaban J connectivity index is 2.34. The molecule has 0 aliphatic carbocycles. The fourth-order valence-electron chi connectivity index (χ4n) is 3.05. The molecular formula is C15H20BrFO2. The van der Waals surface area contributed by atoms with Gasteiger partial charge in [-0.2, -0.15) is 0 Å². The molecule has 106 valence electrons. The van der Waals surface area contributed by atoms with E-state index in [4.69, 9.17) is 4.74 Å². The second kappa shape index (κ2) is 4.83. The van der Waals surface area contributed by atoms with Crippen molar-refractivity contribution in [2.75, 3.05) is 0 Å². The van der Waals surface area contributed by atoms with E-state index >= 15 is 0 Å². The van der Waals surface area contributed by atoms with Crippen LogP contribution in [0.1, 0.15) is 45.8 Å². The van der Waals surface area contributed by atoms with E-state index < -0.39 is 11.7 Å². The summed E-state index contributed by atoms with van der Waals surface area (Å²) in [5, 5.41) is 10.6. The number of benzene rings is 1. The summed E-state index contributed by atoms with van der Waals surface area (Å²) in [5.41, 5.74) is -0.441. The van der Waals surface area contributed by atoms with E-state index in [-0.39, 0.29) is 17.3 Å². The van der Waals surface area contributed by atoms with Crippen molar-refractivity contribution < 1.29 is 14.2 Å². The molecule has 2 atom stereocenters. The lowest BCUT2D eigenvalue weighted by Gasteiger charge is -2.30. The monoisotopic (exact) mass is 330 g/mol. The summed E-state index contributed by atoms with van der Waals surface area (Å²) in [6, 6.07) is 4.64. The minimum Gasteiger partial charge on any atom is -0.388 e. The molecule has 0 bridgehead atoms. The molecule has 2 unspecified atom stereocenters. The SMILES string of the molecule is CC1(C)CC(C(O)c2cc(Br)ccc2F)C(C)(C)O1. The fraction of sp³-hybridized carbons (Fsp3) is 0.600. The van der Waals surface area contributed by atoms with Gasteiger partial charge in [0.2, 0.25) is 0 Å². The number of rotatable bonds is 2. The van der Waals surface area contributed by atoms with Crippen molar-refractivity contribution in [3.63, 3.8) is 0 Å². The Labute approximate surface area is 122 Å². The highest BCUT2D eigenvalue weighted by atomic mass is 79.9. The molecule has 1 heterocycles. The van der Waals surface area contributed by atoms with E-state index in [0.717, 1.165) is 4.47 Å². The molecule has 0 amide bonds. The summed E-state index contributed by atoms with van der Waals surface area (Å²) in [5.74, 6) is -0.512. The first kappa shape index (κ1) is 14.9. The van der Waals surface area contributed by atoms with Crippen molar-refractivity contribution in [1.29, 1.82) is 0 Å². The van der Waals surface area contributed by atoms with Crippen LogP contribution in [0.15, 0.2) is 22.7 Å². The van der Waals surface area contributed by atoms with Crippen molar-refractivity contribution in [3.05, 3.63) is 34.1 Å². The highest BCUT2D eigenvalue weighted by Crippen LogP contribution is 2.48. The molecule has 4 heteroatoms. The molecule has 0 radical (unpaired) electrons. The summed E-state index contributed by atoms with van der Waals surface area (Å²) < 4.78 is 20.6. The maximum Gasteiger partial charge on any atom is 0.129 e. The van der Waals surface area contributed by atoms with Gasteiger partial charge in [-0.25, -0.2) is 4.39 Å². The van der Waals surface area contributed by atoms with Crippen molar-refractivity contribution in [1.82, 2.24) is 0 Å². The van der Waals surface area contributed by atoms with E-state index in [1.54, 1.807) is 12.1 Å². The molecule has 1 aliphatic heterocycles. The van der Waals surface area contributed by atoms with Crippen LogP contribution in [0.4, 0.5) is 4.39 Å². The first-order valence-electron chi connectivity index (χ1n) is 6.45. The summed E-state index contributed by atoms with van der Waals surface area (Å²) in [6.07, 6.45) is -0.165. The van der Waals surface area contributed by atoms with E-state index in [1.807, 2.05) is 27.7 Å². The van der Waals surface area contributed by atoms with Crippen molar-refractivity contribution in [3.8, 4) is 0 Å². The predicted molar refractivity (Wildman–Crippen MR) is 76.4 cm³/mol. The third-order valence-electron chi connectivity index (χ3n) is 3.80. The molecule has 19 heavy (non-hydrogen) atoms. The highest BCUT2D eigenvalue weighted by Gasteiger charge is 2.49. The van der Waals surface area contributed by atoms with Gasteiger partial charge in [0, 0.05) is 16.0 Å². The minimum atomic E-state index is -0.866. The number of halogens is 2. The van der Waals surface area contributed by atoms with Crippen molar-refractivity contribution in [2.24, 2.45) is 5.92 Å². The van der Waals surface area contributed by atoms with E-state index in [0.29, 0.717) is 12.0 Å². The molecule has 2 rings (SSSR count). The van der Waals surface area contributed by atoms with Crippen LogP contribution in [0.3, 0.4) is 0 Å². The van der Waals surface area contributed by atoms with Crippen LogP contribution >= 0.6 is 15.9 Å². The van der Waals surface area contributed by atoms with Gasteiger partial charge in [0.15, 0.2) is 0 Å². The Bertz CT molecular complexity index is 485. The van der Waals surface area contributed by atoms with Crippen molar-refractivity contribution >= 4 is 15.9 Å². The number of ether oxygens (including phenoxy) is 1. The molecule has 0 aromatic heterocycles. The lowest BCUT2D eigenvalue weighted by Crippen LogP contribution is -2.33. The van der Waals surface area contributed by atoms with Crippen LogP contribution in [0.25, 0.3) is 0 Å². The smallest absolute Gasteiger partial charge is 0.129 e. The minimum absolute atomic E-state index is 0.133. The van der Waals surface area contributed by atoms with E-state index in [1.165, 1.54) is 6.07 Å². The molecule has 1 aromatic carbocycles. The summed E-state index contributed by atoms with van der Waals surface area (Å²) in [6.45, 7) is 7.90. The fourth-order valence-corrected chi connectivity index (χ4v) is 3.43. The van der Waals surface area contributed by atoms with Gasteiger partial charge < -0.3 is 9.84 Å². The van der Waals surface area contributed by atoms with E-state index in [2.05, 4.69) is 15.9 Å². The number of hydrogen-bond acceptors (Lipinski definition) is 2. The Morgan fingerprint density at radius 1 is 1.37 bits per heavy atom. The van der Waals surface area contributed by atoms with Gasteiger partial charge in [0.05, 0.1) is 17.3 Å². The third-order valence-corrected chi connectivity index (χ3v) is 4.29. The Kier molecular flexibility index (Phi) is 3.80. The second-order valence-electron chi connectivity index (χ2n) is 6.39. The van der Waals surface area contributed by atoms with Crippen LogP contribution < -0.4 is 0 Å². The van der Waals surface area contributed by atoms with Gasteiger partial charge in [-0.15, -0.1) is 0 Å². The molecule has 1 aromatic rings. The van der Waals surface area contributed by atoms with Gasteiger partial charge in [-0.1, -0.05) is 15.9 Å². The largest absolute Gasteiger partial charge is 0.388 e. The van der Waals surface area contributed by atoms with Crippen LogP contribution in [0.2, 0.25) is 0 Å². The third kappa shape index (κ3) is 3.01. The van der Waals surface area contributed by atoms with Gasteiger partial charge in [-0.3, -0.25) is 0 Å². The summed E-state index contributed by atoms with van der Waals surface area (Å²) in [4.78, 5) is 0. The number of aliphatic hydroxyl groups is 1. The summed E-state index contributed by atoms with van der Waals surface area (Å²) >= 11 is 3.32. The summed E-state index contributed by atoms with van der Waals surface area (Å²) in [7, 11) is 0. The van der Waals surface area contributed by atoms with Crippen molar-refractivity contribution in [2.45, 2.75) is 51.4 Å². The zero-order valence-corrected chi connectivity index (χ0v) is 13.3. The molecule has 0 saturated carbocycles. The quantitative estimate of drug-likeness (QED) is 0.879. The van der Waals surface area contributed by atoms with E-state index in [9.17, 15) is 9.50 Å². The maximum absolute atomic E-state index is 13.9. The van der Waals surface area contributed by atoms with Crippen LogP contribution in [-0.4, -0.2) is 16.3 Å². The second-order valence-corrected chi connectivity index (χ2v) is 7.30. The lowest BCUT2D eigenvalue weighted by atomic mass is 9.80. The molecule has 1 saturated heterocycles. The van der Waals surface area contributed by atoms with Crippen LogP contribution in [-0.2, 0) is 4.74 Å². The molecular weight excluding hydrogens is 311 g/mol. The first-order chi connectivity index (χ1) is 8.62. The number of hydrogen-bond donors (Lipinski definition) is 1. The zero-order valence-electron chi connectivity index (χ0n) is 11.7. The molecule has 1 fully saturated rings. The predicted octanol–water partition coefficient (Wildman–Crippen LogP) is 4.22. The maximum atomic E-state index is 13.9. The molecule has 0 spiro atoms. The normalized spacial score (nSPS) is 26.4. The average molecular weight is 331 g/mol. The Morgan fingerprint density at radius 3 is 2.53 bits per heavy atom. The topological polar surface area (TPSA) is 29.5 Å². The van der Waals surface area contributed by atoms with Crippen LogP contribution in [0, 0.1) is 11.7 Å². The van der Waals surface area contributed by atoms with Gasteiger partial charge in [0.25, 0.3) is 0 Å². The molecule has 1 N–H and O–H groups in total. The van der Waals surface area contributed by atoms with Gasteiger partial charge in [0.1, 0.15) is 5.82 Å². The molecule has 1 aliphatic rings. The standard InChI is InChI=1S/C15H20BrFO2/c1-14(2)8-11(15(3,4)19-14)13(18)10-7-9(16)5-6-12(10)17/h5-7,11,13,18H,8H2,1-4H3. The Morgan fingerprint density at radius 2 is 2.00 bits per heavy atom. The number of aliphatic hydroxyl groups excluding tert-OH is 1. The highest BCUT2D eigenvalue weighted by molar-refractivity contribution is 9.10. The first-order valence-corrected chi connectivity index (χ1v) is 7.25. The average Bonchev–Trinajstić information content (AvgIpc) is 2.49. The molecule has 2 nitrogen and oxygen atoms in total.